The van der Waals surface area contributed by atoms with E-state index in [4.69, 9.17) is 11.6 Å². The molecule has 1 atom stereocenters. The van der Waals surface area contributed by atoms with Crippen LogP contribution < -0.4 is 0 Å². The van der Waals surface area contributed by atoms with Crippen LogP contribution in [-0.2, 0) is 11.3 Å². The molecule has 1 unspecified atom stereocenters. The Morgan fingerprint density at radius 1 is 1.42 bits per heavy atom. The van der Waals surface area contributed by atoms with Crippen molar-refractivity contribution >= 4 is 17.6 Å². The number of nitrogens with zero attached hydrogens (tertiary/aromatic N) is 1. The van der Waals surface area contributed by atoms with Gasteiger partial charge in [0.1, 0.15) is 6.04 Å². The van der Waals surface area contributed by atoms with Gasteiger partial charge in [-0.1, -0.05) is 30.5 Å². The average molecular weight is 282 g/mol. The minimum atomic E-state index is -0.700. The highest BCUT2D eigenvalue weighted by molar-refractivity contribution is 6.30. The number of halogens is 1. The monoisotopic (exact) mass is 281 g/mol. The summed E-state index contributed by atoms with van der Waals surface area (Å²) in [6.45, 7) is 3.58. The summed E-state index contributed by atoms with van der Waals surface area (Å²) in [4.78, 5) is 13.5. The zero-order chi connectivity index (χ0) is 13.8. The third kappa shape index (κ3) is 3.71. The number of aliphatic carboxylic acids is 1. The third-order valence-corrected chi connectivity index (χ3v) is 4.06. The van der Waals surface area contributed by atoms with Crippen molar-refractivity contribution in [1.82, 2.24) is 4.90 Å². The molecule has 1 heterocycles. The van der Waals surface area contributed by atoms with Gasteiger partial charge >= 0.3 is 5.97 Å². The first-order chi connectivity index (χ1) is 9.08. The molecule has 1 N–H and O–H groups in total. The number of carboxylic acid groups (broad SMARTS) is 1. The maximum Gasteiger partial charge on any atom is 0.320 e. The van der Waals surface area contributed by atoms with Crippen LogP contribution in [0.3, 0.4) is 0 Å². The van der Waals surface area contributed by atoms with Gasteiger partial charge < -0.3 is 5.11 Å². The van der Waals surface area contributed by atoms with E-state index in [-0.39, 0.29) is 6.04 Å². The predicted molar refractivity (Wildman–Crippen MR) is 76.5 cm³/mol. The van der Waals surface area contributed by atoms with Crippen molar-refractivity contribution in [3.05, 3.63) is 34.3 Å². The molecular weight excluding hydrogens is 262 g/mol. The Bertz CT molecular complexity index is 461. The summed E-state index contributed by atoms with van der Waals surface area (Å²) < 4.78 is 0. The van der Waals surface area contributed by atoms with Crippen molar-refractivity contribution in [1.29, 1.82) is 0 Å². The molecular formula is C15H20ClNO2. The summed E-state index contributed by atoms with van der Waals surface area (Å²) in [5.74, 6) is -0.700. The zero-order valence-corrected chi connectivity index (χ0v) is 12.0. The molecule has 0 aliphatic carbocycles. The summed E-state index contributed by atoms with van der Waals surface area (Å²) in [7, 11) is 0. The fourth-order valence-electron chi connectivity index (χ4n) is 2.69. The van der Waals surface area contributed by atoms with Gasteiger partial charge in [-0.3, -0.25) is 9.69 Å². The highest BCUT2D eigenvalue weighted by atomic mass is 35.5. The summed E-state index contributed by atoms with van der Waals surface area (Å²) in [6, 6.07) is 5.46. The van der Waals surface area contributed by atoms with Crippen LogP contribution in [0.4, 0.5) is 0 Å². The average Bonchev–Trinajstić information content (AvgIpc) is 2.58. The Morgan fingerprint density at radius 3 is 2.89 bits per heavy atom. The molecule has 104 valence electrons. The second-order valence-corrected chi connectivity index (χ2v) is 5.68. The Hall–Kier alpha value is -1.06. The molecule has 1 aromatic carbocycles. The topological polar surface area (TPSA) is 40.5 Å². The Balaban J connectivity index is 2.16. The number of rotatable bonds is 3. The van der Waals surface area contributed by atoms with Crippen LogP contribution in [0, 0.1) is 6.92 Å². The minimum absolute atomic E-state index is 0.349. The van der Waals surface area contributed by atoms with Gasteiger partial charge in [-0.2, -0.15) is 0 Å². The lowest BCUT2D eigenvalue weighted by molar-refractivity contribution is -0.143. The van der Waals surface area contributed by atoms with E-state index in [1.165, 1.54) is 0 Å². The molecule has 0 radical (unpaired) electrons. The first-order valence-electron chi connectivity index (χ1n) is 6.80. The Kier molecular flexibility index (Phi) is 4.83. The summed E-state index contributed by atoms with van der Waals surface area (Å²) in [6.07, 6.45) is 3.96. The molecule has 0 aromatic heterocycles. The zero-order valence-electron chi connectivity index (χ0n) is 11.2. The van der Waals surface area contributed by atoms with Crippen molar-refractivity contribution in [2.75, 3.05) is 6.54 Å². The van der Waals surface area contributed by atoms with Crippen molar-refractivity contribution in [2.24, 2.45) is 0 Å². The Labute approximate surface area is 119 Å². The fraction of sp³-hybridized carbons (Fsp3) is 0.533. The lowest BCUT2D eigenvalue weighted by Gasteiger charge is -2.27. The number of aryl methyl sites for hydroxylation is 1. The number of carbonyl (C=O) groups is 1. The van der Waals surface area contributed by atoms with Gasteiger partial charge in [-0.05, 0) is 49.6 Å². The van der Waals surface area contributed by atoms with Gasteiger partial charge in [0.05, 0.1) is 0 Å². The maximum atomic E-state index is 11.4. The lowest BCUT2D eigenvalue weighted by Crippen LogP contribution is -2.40. The molecule has 0 saturated carbocycles. The van der Waals surface area contributed by atoms with E-state index in [0.29, 0.717) is 6.54 Å². The van der Waals surface area contributed by atoms with E-state index in [1.807, 2.05) is 25.1 Å². The molecule has 3 nitrogen and oxygen atoms in total. The van der Waals surface area contributed by atoms with Crippen LogP contribution in [0.5, 0.6) is 0 Å². The molecule has 4 heteroatoms. The summed E-state index contributed by atoms with van der Waals surface area (Å²) in [5.41, 5.74) is 2.29. The quantitative estimate of drug-likeness (QED) is 0.922. The van der Waals surface area contributed by atoms with Gasteiger partial charge in [-0.25, -0.2) is 0 Å². The molecule has 2 rings (SSSR count). The minimum Gasteiger partial charge on any atom is -0.480 e. The predicted octanol–water partition coefficient (Wildman–Crippen LogP) is 3.48. The number of hydrogen-bond donors (Lipinski definition) is 1. The third-order valence-electron chi connectivity index (χ3n) is 3.83. The number of benzene rings is 1. The van der Waals surface area contributed by atoms with Crippen LogP contribution in [0.25, 0.3) is 0 Å². The van der Waals surface area contributed by atoms with Gasteiger partial charge in [-0.15, -0.1) is 0 Å². The molecule has 19 heavy (non-hydrogen) atoms. The van der Waals surface area contributed by atoms with Crippen LogP contribution in [0.1, 0.15) is 36.8 Å². The van der Waals surface area contributed by atoms with Crippen molar-refractivity contribution in [3.63, 3.8) is 0 Å². The van der Waals surface area contributed by atoms with Gasteiger partial charge in [0, 0.05) is 11.6 Å². The molecule has 1 aromatic rings. The van der Waals surface area contributed by atoms with Gasteiger partial charge in [0.25, 0.3) is 0 Å². The van der Waals surface area contributed by atoms with Gasteiger partial charge in [0.2, 0.25) is 0 Å². The number of carboxylic acids is 1. The van der Waals surface area contributed by atoms with E-state index in [9.17, 15) is 9.90 Å². The maximum absolute atomic E-state index is 11.4. The summed E-state index contributed by atoms with van der Waals surface area (Å²) >= 11 is 5.96. The fourth-order valence-corrected chi connectivity index (χ4v) is 2.92. The number of hydrogen-bond acceptors (Lipinski definition) is 2. The standard InChI is InChI=1S/C15H20ClNO2/c1-11-9-13(16)7-6-12(11)10-17-8-4-2-3-5-14(17)15(18)19/h6-7,9,14H,2-5,8,10H2,1H3,(H,18,19). The Morgan fingerprint density at radius 2 is 2.21 bits per heavy atom. The molecule has 1 aliphatic heterocycles. The second-order valence-electron chi connectivity index (χ2n) is 5.24. The van der Waals surface area contributed by atoms with E-state index in [0.717, 1.165) is 48.4 Å². The largest absolute Gasteiger partial charge is 0.480 e. The van der Waals surface area contributed by atoms with Crippen molar-refractivity contribution in [2.45, 2.75) is 45.2 Å². The lowest BCUT2D eigenvalue weighted by atomic mass is 10.1. The van der Waals surface area contributed by atoms with Crippen molar-refractivity contribution < 1.29 is 9.90 Å². The molecule has 1 saturated heterocycles. The van der Waals surface area contributed by atoms with E-state index < -0.39 is 5.97 Å². The molecule has 0 bridgehead atoms. The normalized spacial score (nSPS) is 21.1. The number of likely N-dealkylation sites (tertiary alicyclic amines) is 1. The first kappa shape index (κ1) is 14.4. The highest BCUT2D eigenvalue weighted by Gasteiger charge is 2.27. The molecule has 0 spiro atoms. The van der Waals surface area contributed by atoms with Crippen molar-refractivity contribution in [3.8, 4) is 0 Å². The molecule has 1 fully saturated rings. The van der Waals surface area contributed by atoms with Gasteiger partial charge in [0.15, 0.2) is 0 Å². The SMILES string of the molecule is Cc1cc(Cl)ccc1CN1CCCCCC1C(=O)O. The van der Waals surface area contributed by atoms with E-state index in [2.05, 4.69) is 4.90 Å². The van der Waals surface area contributed by atoms with Crippen LogP contribution in [0.2, 0.25) is 5.02 Å². The highest BCUT2D eigenvalue weighted by Crippen LogP contribution is 2.22. The molecule has 1 aliphatic rings. The first-order valence-corrected chi connectivity index (χ1v) is 7.17. The van der Waals surface area contributed by atoms with E-state index >= 15 is 0 Å². The second kappa shape index (κ2) is 6.40. The van der Waals surface area contributed by atoms with Crippen LogP contribution in [-0.4, -0.2) is 28.6 Å². The van der Waals surface area contributed by atoms with Crippen LogP contribution >= 0.6 is 11.6 Å². The van der Waals surface area contributed by atoms with Crippen LogP contribution in [0.15, 0.2) is 18.2 Å². The summed E-state index contributed by atoms with van der Waals surface area (Å²) in [5, 5.41) is 10.1. The smallest absolute Gasteiger partial charge is 0.320 e. The van der Waals surface area contributed by atoms with E-state index in [1.54, 1.807) is 0 Å². The molecule has 0 amide bonds.